The van der Waals surface area contributed by atoms with Gasteiger partial charge < -0.3 is 4.74 Å². The highest BCUT2D eigenvalue weighted by Crippen LogP contribution is 2.14. The van der Waals surface area contributed by atoms with Gasteiger partial charge in [-0.3, -0.25) is 9.36 Å². The Morgan fingerprint density at radius 2 is 2.00 bits per heavy atom. The summed E-state index contributed by atoms with van der Waals surface area (Å²) in [5.74, 6) is -0.787. The van der Waals surface area contributed by atoms with E-state index in [4.69, 9.17) is 4.74 Å². The van der Waals surface area contributed by atoms with E-state index in [1.807, 2.05) is 0 Å². The van der Waals surface area contributed by atoms with Crippen molar-refractivity contribution in [3.63, 3.8) is 0 Å². The molecule has 3 aromatic rings. The van der Waals surface area contributed by atoms with Gasteiger partial charge >= 0.3 is 11.7 Å². The van der Waals surface area contributed by atoms with Gasteiger partial charge in [0.2, 0.25) is 0 Å². The molecule has 0 unspecified atom stereocenters. The van der Waals surface area contributed by atoms with Crippen LogP contribution in [-0.4, -0.2) is 26.5 Å². The van der Waals surface area contributed by atoms with Crippen molar-refractivity contribution in [2.75, 3.05) is 6.61 Å². The van der Waals surface area contributed by atoms with Crippen molar-refractivity contribution in [2.45, 2.75) is 6.92 Å². The molecule has 22 heavy (non-hydrogen) atoms. The van der Waals surface area contributed by atoms with E-state index in [1.54, 1.807) is 38.2 Å². The first-order valence-electron chi connectivity index (χ1n) is 6.73. The third kappa shape index (κ3) is 1.90. The van der Waals surface area contributed by atoms with Gasteiger partial charge in [-0.25, -0.2) is 19.0 Å². The number of nitrogens with zero attached hydrogens (tertiary/aromatic N) is 3. The largest absolute Gasteiger partial charge is 0.462 e. The Bertz CT molecular complexity index is 1020. The first kappa shape index (κ1) is 14.0. The lowest BCUT2D eigenvalue weighted by atomic mass is 10.2. The van der Waals surface area contributed by atoms with E-state index in [1.165, 1.54) is 4.57 Å². The summed E-state index contributed by atoms with van der Waals surface area (Å²) in [7, 11) is 1.56. The second-order valence-corrected chi connectivity index (χ2v) is 4.72. The van der Waals surface area contributed by atoms with Crippen LogP contribution in [0.15, 0.2) is 40.1 Å². The van der Waals surface area contributed by atoms with Crippen LogP contribution < -0.4 is 11.2 Å². The Kier molecular flexibility index (Phi) is 3.25. The Labute approximate surface area is 124 Å². The molecule has 1 aromatic carbocycles. The third-order valence-electron chi connectivity index (χ3n) is 3.44. The summed E-state index contributed by atoms with van der Waals surface area (Å²) in [6.07, 6.45) is 1.15. The highest BCUT2D eigenvalue weighted by molar-refractivity contribution is 5.93. The van der Waals surface area contributed by atoms with Gasteiger partial charge in [-0.1, -0.05) is 12.1 Å². The maximum atomic E-state index is 12.5. The van der Waals surface area contributed by atoms with E-state index in [0.29, 0.717) is 10.9 Å². The summed E-state index contributed by atoms with van der Waals surface area (Å²) >= 11 is 0. The molecular formula is C15H13N3O4. The summed E-state index contributed by atoms with van der Waals surface area (Å²) in [4.78, 5) is 40.8. The number of hydrogen-bond donors (Lipinski definition) is 0. The molecule has 0 atom stereocenters. The Morgan fingerprint density at radius 3 is 2.73 bits per heavy atom. The number of carbonyl (C=O) groups excluding carboxylic acids is 1. The molecule has 0 saturated heterocycles. The summed E-state index contributed by atoms with van der Waals surface area (Å²) < 4.78 is 7.06. The molecule has 0 fully saturated rings. The maximum absolute atomic E-state index is 12.5. The second kappa shape index (κ2) is 5.10. The van der Waals surface area contributed by atoms with E-state index in [0.717, 1.165) is 10.6 Å². The summed E-state index contributed by atoms with van der Waals surface area (Å²) in [6, 6.07) is 7.12. The first-order valence-corrected chi connectivity index (χ1v) is 6.73. The normalized spacial score (nSPS) is 11.0. The number of rotatable bonds is 2. The molecule has 0 N–H and O–H groups in total. The van der Waals surface area contributed by atoms with E-state index >= 15 is 0 Å². The molecular weight excluding hydrogens is 286 g/mol. The molecule has 0 saturated carbocycles. The highest BCUT2D eigenvalue weighted by Gasteiger charge is 2.18. The predicted octanol–water partition coefficient (Wildman–Crippen LogP) is 0.723. The van der Waals surface area contributed by atoms with Crippen LogP contribution in [0.25, 0.3) is 16.6 Å². The number of aryl methyl sites for hydroxylation is 1. The topological polar surface area (TPSA) is 82.7 Å². The number of benzene rings is 1. The zero-order valence-electron chi connectivity index (χ0n) is 12.1. The van der Waals surface area contributed by atoms with E-state index in [9.17, 15) is 14.4 Å². The highest BCUT2D eigenvalue weighted by atomic mass is 16.5. The van der Waals surface area contributed by atoms with Gasteiger partial charge in [0, 0.05) is 18.6 Å². The van der Waals surface area contributed by atoms with E-state index < -0.39 is 17.2 Å². The molecule has 3 rings (SSSR count). The number of fused-ring (bicyclic) bond motifs is 3. The molecule has 7 nitrogen and oxygen atoms in total. The molecule has 0 aliphatic carbocycles. The van der Waals surface area contributed by atoms with Crippen LogP contribution in [0, 0.1) is 0 Å². The van der Waals surface area contributed by atoms with Crippen LogP contribution >= 0.6 is 0 Å². The minimum atomic E-state index is -0.787. The molecule has 0 bridgehead atoms. The fourth-order valence-electron chi connectivity index (χ4n) is 2.38. The van der Waals surface area contributed by atoms with Crippen molar-refractivity contribution in [1.29, 1.82) is 0 Å². The van der Waals surface area contributed by atoms with Crippen LogP contribution in [-0.2, 0) is 11.8 Å². The summed E-state index contributed by atoms with van der Waals surface area (Å²) in [5, 5.41) is 0.650. The van der Waals surface area contributed by atoms with Gasteiger partial charge in [0.25, 0.3) is 5.56 Å². The molecule has 7 heteroatoms. The molecule has 0 amide bonds. The molecule has 0 aliphatic heterocycles. The predicted molar refractivity (Wildman–Crippen MR) is 80.2 cm³/mol. The van der Waals surface area contributed by atoms with Crippen LogP contribution in [0.4, 0.5) is 0 Å². The minimum absolute atomic E-state index is 0.136. The second-order valence-electron chi connectivity index (χ2n) is 4.72. The lowest BCUT2D eigenvalue weighted by Gasteiger charge is -2.09. The van der Waals surface area contributed by atoms with Crippen molar-refractivity contribution in [2.24, 2.45) is 7.05 Å². The average Bonchev–Trinajstić information content (AvgIpc) is 2.52. The number of ether oxygens (including phenoxy) is 1. The van der Waals surface area contributed by atoms with Crippen LogP contribution in [0.5, 0.6) is 0 Å². The third-order valence-corrected chi connectivity index (χ3v) is 3.44. The smallest absolute Gasteiger partial charge is 0.345 e. The molecule has 0 radical (unpaired) electrons. The van der Waals surface area contributed by atoms with Crippen molar-refractivity contribution in [3.8, 4) is 0 Å². The molecule has 0 spiro atoms. The number of hydrogen-bond acceptors (Lipinski definition) is 5. The Hall–Kier alpha value is -2.96. The Morgan fingerprint density at radius 1 is 1.27 bits per heavy atom. The molecule has 2 aromatic heterocycles. The fourth-order valence-corrected chi connectivity index (χ4v) is 2.38. The minimum Gasteiger partial charge on any atom is -0.462 e. The van der Waals surface area contributed by atoms with Crippen molar-refractivity contribution < 1.29 is 9.53 Å². The SMILES string of the molecule is CCOC(=O)c1cnc2c3ccccc3n(C)c(=O)n2c1=O. The molecule has 0 aliphatic rings. The lowest BCUT2D eigenvalue weighted by molar-refractivity contribution is 0.0523. The maximum Gasteiger partial charge on any atom is 0.345 e. The van der Waals surface area contributed by atoms with Gasteiger partial charge in [0.1, 0.15) is 5.56 Å². The average molecular weight is 299 g/mol. The standard InChI is InChI=1S/C15H13N3O4/c1-3-22-14(20)10-8-16-12-9-6-4-5-7-11(9)17(2)15(21)18(12)13(10)19/h4-8H,3H2,1-2H3. The van der Waals surface area contributed by atoms with Gasteiger partial charge in [-0.05, 0) is 19.1 Å². The number of carbonyl (C=O) groups is 1. The van der Waals surface area contributed by atoms with Crippen LogP contribution in [0.1, 0.15) is 17.3 Å². The number of esters is 1. The van der Waals surface area contributed by atoms with Crippen molar-refractivity contribution in [1.82, 2.24) is 14.0 Å². The Balaban J connectivity index is 2.49. The lowest BCUT2D eigenvalue weighted by Crippen LogP contribution is -2.36. The van der Waals surface area contributed by atoms with E-state index in [2.05, 4.69) is 4.98 Å². The number of aromatic nitrogens is 3. The quantitative estimate of drug-likeness (QED) is 0.514. The fraction of sp³-hybridized carbons (Fsp3) is 0.200. The van der Waals surface area contributed by atoms with Crippen molar-refractivity contribution >= 4 is 22.5 Å². The van der Waals surface area contributed by atoms with Crippen LogP contribution in [0.2, 0.25) is 0 Å². The zero-order valence-corrected chi connectivity index (χ0v) is 12.1. The molecule has 112 valence electrons. The molecule has 2 heterocycles. The number of para-hydroxylation sites is 1. The van der Waals surface area contributed by atoms with Gasteiger partial charge in [-0.2, -0.15) is 0 Å². The summed E-state index contributed by atoms with van der Waals surface area (Å²) in [5.41, 5.74) is -0.668. The first-order chi connectivity index (χ1) is 10.6. The monoisotopic (exact) mass is 299 g/mol. The zero-order chi connectivity index (χ0) is 15.9. The van der Waals surface area contributed by atoms with E-state index in [-0.39, 0.29) is 17.8 Å². The summed E-state index contributed by atoms with van der Waals surface area (Å²) in [6.45, 7) is 1.77. The van der Waals surface area contributed by atoms with Gasteiger partial charge in [0.05, 0.1) is 12.1 Å². The van der Waals surface area contributed by atoms with Gasteiger partial charge in [0.15, 0.2) is 5.65 Å². The van der Waals surface area contributed by atoms with Crippen LogP contribution in [0.3, 0.4) is 0 Å². The van der Waals surface area contributed by atoms with Crippen molar-refractivity contribution in [3.05, 3.63) is 56.9 Å². The van der Waals surface area contributed by atoms with Gasteiger partial charge in [-0.15, -0.1) is 0 Å².